The molecule has 4 nitrogen and oxygen atoms in total. The third-order valence-electron chi connectivity index (χ3n) is 3.15. The zero-order valence-corrected chi connectivity index (χ0v) is 13.1. The molecule has 0 aliphatic carbocycles. The largest absolute Gasteiger partial charge is 0.497 e. The van der Waals surface area contributed by atoms with Gasteiger partial charge in [-0.05, 0) is 44.9 Å². The highest BCUT2D eigenvalue weighted by molar-refractivity contribution is 7.85. The van der Waals surface area contributed by atoms with Crippen molar-refractivity contribution in [1.29, 1.82) is 5.26 Å². The number of hydrogen-bond donors (Lipinski definition) is 1. The number of benzene rings is 1. The SMILES string of the molecule is COc1ccc(N)c(S(=O)CCCCC(C)(C)C#N)c1. The number of anilines is 1. The molecule has 1 unspecified atom stereocenters. The minimum atomic E-state index is -1.12. The highest BCUT2D eigenvalue weighted by atomic mass is 32.2. The van der Waals surface area contributed by atoms with Gasteiger partial charge in [-0.3, -0.25) is 4.21 Å². The Hall–Kier alpha value is -1.54. The van der Waals surface area contributed by atoms with Crippen molar-refractivity contribution in [2.75, 3.05) is 18.6 Å². The van der Waals surface area contributed by atoms with Crippen LogP contribution in [0.4, 0.5) is 5.69 Å². The molecule has 0 aliphatic heterocycles. The Morgan fingerprint density at radius 3 is 2.70 bits per heavy atom. The quantitative estimate of drug-likeness (QED) is 0.619. The maximum Gasteiger partial charge on any atom is 0.120 e. The zero-order chi connectivity index (χ0) is 15.2. The lowest BCUT2D eigenvalue weighted by atomic mass is 9.89. The Bertz CT molecular complexity index is 521. The normalized spacial score (nSPS) is 12.7. The highest BCUT2D eigenvalue weighted by Crippen LogP contribution is 2.25. The first-order chi connectivity index (χ1) is 9.39. The van der Waals surface area contributed by atoms with E-state index in [4.69, 9.17) is 15.7 Å². The van der Waals surface area contributed by atoms with Crippen molar-refractivity contribution in [2.45, 2.75) is 38.0 Å². The lowest BCUT2D eigenvalue weighted by Gasteiger charge is -2.14. The molecular weight excluding hydrogens is 272 g/mol. The van der Waals surface area contributed by atoms with Crippen LogP contribution in [-0.4, -0.2) is 17.1 Å². The third kappa shape index (κ3) is 4.86. The summed E-state index contributed by atoms with van der Waals surface area (Å²) in [5, 5.41) is 8.93. The van der Waals surface area contributed by atoms with Gasteiger partial charge in [0.15, 0.2) is 0 Å². The topological polar surface area (TPSA) is 76.1 Å². The average molecular weight is 294 g/mol. The summed E-state index contributed by atoms with van der Waals surface area (Å²) in [6.45, 7) is 3.84. The van der Waals surface area contributed by atoms with Gasteiger partial charge in [0.25, 0.3) is 0 Å². The fraction of sp³-hybridized carbons (Fsp3) is 0.533. The molecule has 0 aromatic heterocycles. The number of unbranched alkanes of at least 4 members (excludes halogenated alkanes) is 1. The molecule has 1 aromatic rings. The van der Waals surface area contributed by atoms with Crippen LogP contribution in [0, 0.1) is 16.7 Å². The fourth-order valence-electron chi connectivity index (χ4n) is 1.80. The molecule has 20 heavy (non-hydrogen) atoms. The van der Waals surface area contributed by atoms with E-state index in [1.807, 2.05) is 13.8 Å². The van der Waals surface area contributed by atoms with Crippen molar-refractivity contribution in [1.82, 2.24) is 0 Å². The van der Waals surface area contributed by atoms with E-state index in [-0.39, 0.29) is 5.41 Å². The van der Waals surface area contributed by atoms with Crippen molar-refractivity contribution < 1.29 is 8.95 Å². The molecule has 0 aliphatic rings. The van der Waals surface area contributed by atoms with Crippen molar-refractivity contribution in [3.63, 3.8) is 0 Å². The van der Waals surface area contributed by atoms with Crippen LogP contribution in [0.25, 0.3) is 0 Å². The van der Waals surface area contributed by atoms with E-state index < -0.39 is 10.8 Å². The number of nitrogen functional groups attached to an aromatic ring is 1. The van der Waals surface area contributed by atoms with E-state index >= 15 is 0 Å². The standard InChI is InChI=1S/C15H22N2O2S/c1-15(2,11-16)8-4-5-9-20(18)14-10-12(19-3)6-7-13(14)17/h6-7,10H,4-5,8-9,17H2,1-3H3. The first kappa shape index (κ1) is 16.5. The maximum atomic E-state index is 12.2. The molecular formula is C15H22N2O2S. The zero-order valence-electron chi connectivity index (χ0n) is 12.3. The van der Waals surface area contributed by atoms with Crippen LogP contribution in [-0.2, 0) is 10.8 Å². The van der Waals surface area contributed by atoms with Crippen LogP contribution < -0.4 is 10.5 Å². The molecule has 0 saturated heterocycles. The second kappa shape index (κ2) is 7.30. The lowest BCUT2D eigenvalue weighted by Crippen LogP contribution is -2.08. The minimum Gasteiger partial charge on any atom is -0.497 e. The van der Waals surface area contributed by atoms with E-state index in [0.717, 1.165) is 19.3 Å². The summed E-state index contributed by atoms with van der Waals surface area (Å²) in [7, 11) is 0.447. The predicted molar refractivity (Wildman–Crippen MR) is 81.9 cm³/mol. The Labute approximate surface area is 123 Å². The lowest BCUT2D eigenvalue weighted by molar-refractivity contribution is 0.413. The molecule has 110 valence electrons. The van der Waals surface area contributed by atoms with E-state index in [0.29, 0.717) is 22.1 Å². The van der Waals surface area contributed by atoms with Crippen LogP contribution in [0.15, 0.2) is 23.1 Å². The summed E-state index contributed by atoms with van der Waals surface area (Å²) in [6, 6.07) is 7.47. The second-order valence-corrected chi connectivity index (χ2v) is 6.95. The molecule has 1 rings (SSSR count). The van der Waals surface area contributed by atoms with Crippen molar-refractivity contribution in [3.8, 4) is 11.8 Å². The molecule has 2 N–H and O–H groups in total. The number of ether oxygens (including phenoxy) is 1. The van der Waals surface area contributed by atoms with Crippen LogP contribution in [0.5, 0.6) is 5.75 Å². The third-order valence-corrected chi connectivity index (χ3v) is 4.65. The summed E-state index contributed by atoms with van der Waals surface area (Å²) in [6.07, 6.45) is 2.51. The van der Waals surface area contributed by atoms with Gasteiger partial charge >= 0.3 is 0 Å². The molecule has 0 saturated carbocycles. The van der Waals surface area contributed by atoms with E-state index in [1.54, 1.807) is 25.3 Å². The molecule has 1 atom stereocenters. The Morgan fingerprint density at radius 1 is 1.40 bits per heavy atom. The molecule has 0 spiro atoms. The number of rotatable bonds is 7. The molecule has 0 fully saturated rings. The second-order valence-electron chi connectivity index (χ2n) is 5.41. The monoisotopic (exact) mass is 294 g/mol. The van der Waals surface area contributed by atoms with Gasteiger partial charge in [-0.25, -0.2) is 0 Å². The van der Waals surface area contributed by atoms with Gasteiger partial charge in [-0.2, -0.15) is 5.26 Å². The number of methoxy groups -OCH3 is 1. The first-order valence-corrected chi connectivity index (χ1v) is 7.94. The Morgan fingerprint density at radius 2 is 2.10 bits per heavy atom. The van der Waals surface area contributed by atoms with Crippen molar-refractivity contribution in [2.24, 2.45) is 5.41 Å². The molecule has 0 radical (unpaired) electrons. The molecule has 1 aromatic carbocycles. The molecule has 5 heteroatoms. The van der Waals surface area contributed by atoms with Crippen molar-refractivity contribution in [3.05, 3.63) is 18.2 Å². The summed E-state index contributed by atoms with van der Waals surface area (Å²) >= 11 is 0. The van der Waals surface area contributed by atoms with Crippen LogP contribution >= 0.6 is 0 Å². The Balaban J connectivity index is 2.54. The summed E-state index contributed by atoms with van der Waals surface area (Å²) < 4.78 is 17.4. The van der Waals surface area contributed by atoms with Gasteiger partial charge in [0, 0.05) is 11.4 Å². The summed E-state index contributed by atoms with van der Waals surface area (Å²) in [5.74, 6) is 1.21. The van der Waals surface area contributed by atoms with E-state index in [9.17, 15) is 4.21 Å². The first-order valence-electron chi connectivity index (χ1n) is 6.63. The number of nitriles is 1. The van der Waals surface area contributed by atoms with Gasteiger partial charge in [-0.15, -0.1) is 0 Å². The van der Waals surface area contributed by atoms with Crippen LogP contribution in [0.3, 0.4) is 0 Å². The number of nitrogens with two attached hydrogens (primary N) is 1. The van der Waals surface area contributed by atoms with Crippen LogP contribution in [0.1, 0.15) is 33.1 Å². The maximum absolute atomic E-state index is 12.2. The summed E-state index contributed by atoms with van der Waals surface area (Å²) in [5.41, 5.74) is 6.07. The highest BCUT2D eigenvalue weighted by Gasteiger charge is 2.16. The molecule has 0 heterocycles. The van der Waals surface area contributed by atoms with Gasteiger partial charge in [-0.1, -0.05) is 6.42 Å². The fourth-order valence-corrected chi connectivity index (χ4v) is 3.07. The van der Waals surface area contributed by atoms with Gasteiger partial charge in [0.1, 0.15) is 5.75 Å². The summed E-state index contributed by atoms with van der Waals surface area (Å²) in [4.78, 5) is 0.629. The van der Waals surface area contributed by atoms with Crippen LogP contribution in [0.2, 0.25) is 0 Å². The van der Waals surface area contributed by atoms with E-state index in [1.165, 1.54) is 0 Å². The minimum absolute atomic E-state index is 0.309. The van der Waals surface area contributed by atoms with Gasteiger partial charge in [0.05, 0.1) is 34.3 Å². The Kier molecular flexibility index (Phi) is 6.03. The number of hydrogen-bond acceptors (Lipinski definition) is 4. The van der Waals surface area contributed by atoms with Crippen molar-refractivity contribution >= 4 is 16.5 Å². The predicted octanol–water partition coefficient (Wildman–Crippen LogP) is 3.11. The molecule has 0 amide bonds. The van der Waals surface area contributed by atoms with E-state index in [2.05, 4.69) is 6.07 Å². The smallest absolute Gasteiger partial charge is 0.120 e. The van der Waals surface area contributed by atoms with Gasteiger partial charge in [0.2, 0.25) is 0 Å². The number of nitrogens with zero attached hydrogens (tertiary/aromatic N) is 1. The molecule has 0 bridgehead atoms. The average Bonchev–Trinajstić information content (AvgIpc) is 2.44. The van der Waals surface area contributed by atoms with Gasteiger partial charge < -0.3 is 10.5 Å².